The molecule has 0 heterocycles. The molecule has 3 nitrogen and oxygen atoms in total. The van der Waals surface area contributed by atoms with Crippen LogP contribution >= 0.6 is 0 Å². The lowest BCUT2D eigenvalue weighted by Crippen LogP contribution is -2.32. The Labute approximate surface area is 107 Å². The normalized spacial score (nSPS) is 11.9. The third-order valence-electron chi connectivity index (χ3n) is 2.67. The third-order valence-corrected chi connectivity index (χ3v) is 2.67. The number of anilines is 1. The van der Waals surface area contributed by atoms with Crippen LogP contribution in [0.2, 0.25) is 0 Å². The summed E-state index contributed by atoms with van der Waals surface area (Å²) in [5, 5.41) is 2.76. The quantitative estimate of drug-likeness (QED) is 0.866. The topological polar surface area (TPSA) is 55.1 Å². The number of nitrogens with two attached hydrogens (primary N) is 1. The van der Waals surface area contributed by atoms with Gasteiger partial charge in [0, 0.05) is 5.69 Å². The fourth-order valence-corrected chi connectivity index (χ4v) is 1.63. The molecule has 1 amide bonds. The van der Waals surface area contributed by atoms with E-state index < -0.39 is 6.04 Å². The minimum absolute atomic E-state index is 0.178. The average molecular weight is 240 g/mol. The van der Waals surface area contributed by atoms with E-state index in [0.717, 1.165) is 16.8 Å². The number of rotatable bonds is 3. The molecule has 0 saturated heterocycles. The molecule has 0 aliphatic carbocycles. The zero-order valence-corrected chi connectivity index (χ0v) is 10.3. The van der Waals surface area contributed by atoms with Crippen LogP contribution in [0.4, 0.5) is 5.69 Å². The fraction of sp³-hybridized carbons (Fsp3) is 0.133. The Hall–Kier alpha value is -2.13. The second-order valence-electron chi connectivity index (χ2n) is 4.22. The molecular formula is C15H16N2O. The standard InChI is InChI=1S/C15H16N2O/c1-11(16)15(18)17-14-9-7-13(8-10-14)12-5-3-2-4-6-12/h2-11H,16H2,1H3,(H,17,18)/t11-/m0/s1. The lowest BCUT2D eigenvalue weighted by molar-refractivity contribution is -0.117. The minimum atomic E-state index is -0.501. The van der Waals surface area contributed by atoms with Crippen molar-refractivity contribution in [3.05, 3.63) is 54.6 Å². The van der Waals surface area contributed by atoms with Gasteiger partial charge in [0.2, 0.25) is 5.91 Å². The van der Waals surface area contributed by atoms with Gasteiger partial charge in [0.1, 0.15) is 0 Å². The largest absolute Gasteiger partial charge is 0.325 e. The van der Waals surface area contributed by atoms with Gasteiger partial charge in [-0.1, -0.05) is 42.5 Å². The summed E-state index contributed by atoms with van der Waals surface area (Å²) < 4.78 is 0. The molecule has 0 aliphatic rings. The summed E-state index contributed by atoms with van der Waals surface area (Å²) in [7, 11) is 0. The maximum Gasteiger partial charge on any atom is 0.240 e. The molecule has 1 atom stereocenters. The highest BCUT2D eigenvalue weighted by molar-refractivity contribution is 5.94. The predicted octanol–water partition coefficient (Wildman–Crippen LogP) is 2.64. The Morgan fingerprint density at radius 1 is 1.00 bits per heavy atom. The molecule has 0 bridgehead atoms. The van der Waals surface area contributed by atoms with Crippen LogP contribution in [0.25, 0.3) is 11.1 Å². The van der Waals surface area contributed by atoms with Crippen LogP contribution in [-0.4, -0.2) is 11.9 Å². The Kier molecular flexibility index (Phi) is 3.75. The van der Waals surface area contributed by atoms with Gasteiger partial charge in [-0.25, -0.2) is 0 Å². The number of amides is 1. The fourth-order valence-electron chi connectivity index (χ4n) is 1.63. The first-order valence-corrected chi connectivity index (χ1v) is 5.89. The van der Waals surface area contributed by atoms with Crippen molar-refractivity contribution >= 4 is 11.6 Å². The van der Waals surface area contributed by atoms with Crippen molar-refractivity contribution in [1.29, 1.82) is 0 Å². The van der Waals surface area contributed by atoms with E-state index in [0.29, 0.717) is 0 Å². The highest BCUT2D eigenvalue weighted by Gasteiger charge is 2.07. The van der Waals surface area contributed by atoms with Gasteiger partial charge in [0.05, 0.1) is 6.04 Å². The summed E-state index contributed by atoms with van der Waals surface area (Å²) in [5.74, 6) is -0.178. The molecule has 0 saturated carbocycles. The summed E-state index contributed by atoms with van der Waals surface area (Å²) in [5.41, 5.74) is 8.53. The lowest BCUT2D eigenvalue weighted by Gasteiger charge is -2.08. The first-order chi connectivity index (χ1) is 8.66. The number of hydrogen-bond donors (Lipinski definition) is 2. The van der Waals surface area contributed by atoms with Crippen LogP contribution in [0.1, 0.15) is 6.92 Å². The molecule has 92 valence electrons. The molecule has 3 N–H and O–H groups in total. The van der Waals surface area contributed by atoms with Gasteiger partial charge in [-0.05, 0) is 30.2 Å². The van der Waals surface area contributed by atoms with Crippen LogP contribution < -0.4 is 11.1 Å². The maximum absolute atomic E-state index is 11.4. The highest BCUT2D eigenvalue weighted by Crippen LogP contribution is 2.20. The van der Waals surface area contributed by atoms with Crippen LogP contribution in [0.15, 0.2) is 54.6 Å². The van der Waals surface area contributed by atoms with Gasteiger partial charge >= 0.3 is 0 Å². The van der Waals surface area contributed by atoms with Gasteiger partial charge in [0.15, 0.2) is 0 Å². The monoisotopic (exact) mass is 240 g/mol. The lowest BCUT2D eigenvalue weighted by atomic mass is 10.1. The number of hydrogen-bond acceptors (Lipinski definition) is 2. The Morgan fingerprint density at radius 3 is 2.11 bits per heavy atom. The zero-order valence-electron chi connectivity index (χ0n) is 10.3. The highest BCUT2D eigenvalue weighted by atomic mass is 16.2. The number of carbonyl (C=O) groups excluding carboxylic acids is 1. The van der Waals surface area contributed by atoms with E-state index in [1.807, 2.05) is 42.5 Å². The summed E-state index contributed by atoms with van der Waals surface area (Å²) in [6.07, 6.45) is 0. The first-order valence-electron chi connectivity index (χ1n) is 5.89. The molecule has 0 fully saturated rings. The Balaban J connectivity index is 2.13. The molecule has 2 aromatic rings. The van der Waals surface area contributed by atoms with Gasteiger partial charge in [0.25, 0.3) is 0 Å². The first kappa shape index (κ1) is 12.3. The van der Waals surface area contributed by atoms with Crippen molar-refractivity contribution < 1.29 is 4.79 Å². The smallest absolute Gasteiger partial charge is 0.240 e. The van der Waals surface area contributed by atoms with Crippen LogP contribution in [0, 0.1) is 0 Å². The van der Waals surface area contributed by atoms with E-state index in [4.69, 9.17) is 5.73 Å². The molecule has 0 radical (unpaired) electrons. The van der Waals surface area contributed by atoms with Crippen LogP contribution in [0.3, 0.4) is 0 Å². The second-order valence-corrected chi connectivity index (χ2v) is 4.22. The average Bonchev–Trinajstić information content (AvgIpc) is 2.40. The third kappa shape index (κ3) is 2.96. The van der Waals surface area contributed by atoms with Crippen molar-refractivity contribution in [1.82, 2.24) is 0 Å². The molecule has 2 rings (SSSR count). The zero-order chi connectivity index (χ0) is 13.0. The summed E-state index contributed by atoms with van der Waals surface area (Å²) in [6, 6.07) is 17.3. The maximum atomic E-state index is 11.4. The van der Waals surface area contributed by atoms with E-state index >= 15 is 0 Å². The molecule has 18 heavy (non-hydrogen) atoms. The SMILES string of the molecule is C[C@H](N)C(=O)Nc1ccc(-c2ccccc2)cc1. The predicted molar refractivity (Wildman–Crippen MR) is 74.2 cm³/mol. The van der Waals surface area contributed by atoms with Crippen molar-refractivity contribution in [3.63, 3.8) is 0 Å². The molecule has 2 aromatic carbocycles. The summed E-state index contributed by atoms with van der Waals surface area (Å²) in [4.78, 5) is 11.4. The number of benzene rings is 2. The van der Waals surface area contributed by atoms with Crippen LogP contribution in [-0.2, 0) is 4.79 Å². The van der Waals surface area contributed by atoms with Crippen molar-refractivity contribution in [2.75, 3.05) is 5.32 Å². The molecule has 0 aliphatic heterocycles. The van der Waals surface area contributed by atoms with E-state index in [1.165, 1.54) is 0 Å². The van der Waals surface area contributed by atoms with E-state index in [1.54, 1.807) is 6.92 Å². The molecule has 3 heteroatoms. The molecule has 0 aromatic heterocycles. The van der Waals surface area contributed by atoms with Crippen molar-refractivity contribution in [2.45, 2.75) is 13.0 Å². The van der Waals surface area contributed by atoms with Gasteiger partial charge in [-0.2, -0.15) is 0 Å². The van der Waals surface area contributed by atoms with E-state index in [2.05, 4.69) is 17.4 Å². The Morgan fingerprint density at radius 2 is 1.56 bits per heavy atom. The molecule has 0 spiro atoms. The molecule has 0 unspecified atom stereocenters. The molecular weight excluding hydrogens is 224 g/mol. The second kappa shape index (κ2) is 5.47. The summed E-state index contributed by atoms with van der Waals surface area (Å²) >= 11 is 0. The van der Waals surface area contributed by atoms with Crippen molar-refractivity contribution in [2.24, 2.45) is 5.73 Å². The van der Waals surface area contributed by atoms with E-state index in [-0.39, 0.29) is 5.91 Å². The van der Waals surface area contributed by atoms with Gasteiger partial charge < -0.3 is 11.1 Å². The van der Waals surface area contributed by atoms with E-state index in [9.17, 15) is 4.79 Å². The van der Waals surface area contributed by atoms with Crippen LogP contribution in [0.5, 0.6) is 0 Å². The number of nitrogens with one attached hydrogen (secondary N) is 1. The number of carbonyl (C=O) groups is 1. The van der Waals surface area contributed by atoms with Crippen molar-refractivity contribution in [3.8, 4) is 11.1 Å². The summed E-state index contributed by atoms with van der Waals surface area (Å²) in [6.45, 7) is 1.66. The minimum Gasteiger partial charge on any atom is -0.325 e. The Bertz CT molecular complexity index is 518. The van der Waals surface area contributed by atoms with Gasteiger partial charge in [-0.3, -0.25) is 4.79 Å². The van der Waals surface area contributed by atoms with Gasteiger partial charge in [-0.15, -0.1) is 0 Å².